The molecule has 0 N–H and O–H groups in total. The lowest BCUT2D eigenvalue weighted by Gasteiger charge is -2.01. The van der Waals surface area contributed by atoms with E-state index in [9.17, 15) is 0 Å². The molecule has 0 aromatic carbocycles. The van der Waals surface area contributed by atoms with E-state index in [2.05, 4.69) is 17.6 Å². The molecule has 0 bridgehead atoms. The summed E-state index contributed by atoms with van der Waals surface area (Å²) in [4.78, 5) is 4.26. The zero-order valence-corrected chi connectivity index (χ0v) is 7.61. The molecule has 0 saturated heterocycles. The van der Waals surface area contributed by atoms with E-state index in [0.29, 0.717) is 0 Å². The predicted molar refractivity (Wildman–Crippen MR) is 50.8 cm³/mol. The van der Waals surface area contributed by atoms with Gasteiger partial charge in [0.05, 0.1) is 0 Å². The van der Waals surface area contributed by atoms with Crippen molar-refractivity contribution in [3.63, 3.8) is 0 Å². The molecule has 0 fully saturated rings. The Labute approximate surface area is 71.5 Å². The Hall–Kier alpha value is -0.760. The number of hydrogen-bond donors (Lipinski definition) is 0. The van der Waals surface area contributed by atoms with Crippen molar-refractivity contribution in [1.29, 1.82) is 0 Å². The number of aryl methyl sites for hydroxylation is 1. The summed E-state index contributed by atoms with van der Waals surface area (Å²) in [6.07, 6.45) is 5.73. The topological polar surface area (TPSA) is 12.9 Å². The van der Waals surface area contributed by atoms with E-state index in [1.165, 1.54) is 5.56 Å². The smallest absolute Gasteiger partial charge is 0.103 e. The van der Waals surface area contributed by atoms with Gasteiger partial charge in [-0.15, -0.1) is 11.8 Å². The summed E-state index contributed by atoms with van der Waals surface area (Å²) in [5, 5.41) is 1.05. The van der Waals surface area contributed by atoms with Gasteiger partial charge in [-0.3, -0.25) is 0 Å². The maximum absolute atomic E-state index is 4.26. The molecule has 2 heteroatoms. The number of pyridine rings is 1. The number of hydrogen-bond acceptors (Lipinski definition) is 2. The minimum atomic E-state index is 1.05. The van der Waals surface area contributed by atoms with Crippen molar-refractivity contribution in [2.24, 2.45) is 0 Å². The fraction of sp³-hybridized carbons (Fsp3) is 0.222. The summed E-state index contributed by atoms with van der Waals surface area (Å²) >= 11 is 1.65. The van der Waals surface area contributed by atoms with Crippen molar-refractivity contribution < 1.29 is 0 Å². The average molecular weight is 165 g/mol. The van der Waals surface area contributed by atoms with E-state index >= 15 is 0 Å². The summed E-state index contributed by atoms with van der Waals surface area (Å²) < 4.78 is 0. The Morgan fingerprint density at radius 3 is 2.91 bits per heavy atom. The number of nitrogens with zero attached hydrogens (tertiary/aromatic N) is 1. The Balaban J connectivity index is 3.16. The van der Waals surface area contributed by atoms with E-state index < -0.39 is 0 Å². The second-order valence-electron chi connectivity index (χ2n) is 2.32. The van der Waals surface area contributed by atoms with Crippen LogP contribution in [0, 0.1) is 6.92 Å². The van der Waals surface area contributed by atoms with E-state index in [1.807, 2.05) is 25.5 Å². The molecule has 0 aliphatic heterocycles. The molecular formula is C9H11NS. The summed E-state index contributed by atoms with van der Waals surface area (Å²) in [5.41, 5.74) is 2.30. The van der Waals surface area contributed by atoms with Gasteiger partial charge in [-0.1, -0.05) is 12.7 Å². The molecule has 0 amide bonds. The average Bonchev–Trinajstić information content (AvgIpc) is 2.04. The van der Waals surface area contributed by atoms with Crippen molar-refractivity contribution in [2.45, 2.75) is 11.9 Å². The van der Waals surface area contributed by atoms with Gasteiger partial charge < -0.3 is 0 Å². The molecule has 1 aromatic rings. The maximum Gasteiger partial charge on any atom is 0.103 e. The third-order valence-corrected chi connectivity index (χ3v) is 2.16. The van der Waals surface area contributed by atoms with Crippen LogP contribution in [0.15, 0.2) is 23.9 Å². The summed E-state index contributed by atoms with van der Waals surface area (Å²) in [5.74, 6) is 0. The second kappa shape index (κ2) is 3.58. The zero-order chi connectivity index (χ0) is 8.27. The van der Waals surface area contributed by atoms with Crippen LogP contribution in [-0.4, -0.2) is 11.2 Å². The molecule has 0 unspecified atom stereocenters. The van der Waals surface area contributed by atoms with Crippen molar-refractivity contribution in [2.75, 3.05) is 6.26 Å². The molecule has 11 heavy (non-hydrogen) atoms. The van der Waals surface area contributed by atoms with Crippen LogP contribution in [0.1, 0.15) is 11.1 Å². The first kappa shape index (κ1) is 8.34. The SMILES string of the molecule is C=Cc1cc(C)cnc1SC. The third-order valence-electron chi connectivity index (χ3n) is 1.43. The lowest BCUT2D eigenvalue weighted by Crippen LogP contribution is -1.85. The molecule has 0 radical (unpaired) electrons. The van der Waals surface area contributed by atoms with Crippen molar-refractivity contribution >= 4 is 17.8 Å². The van der Waals surface area contributed by atoms with Crippen LogP contribution < -0.4 is 0 Å². The molecule has 0 saturated carbocycles. The number of rotatable bonds is 2. The van der Waals surface area contributed by atoms with E-state index in [-0.39, 0.29) is 0 Å². The lowest BCUT2D eigenvalue weighted by atomic mass is 10.2. The Morgan fingerprint density at radius 1 is 1.64 bits per heavy atom. The van der Waals surface area contributed by atoms with Gasteiger partial charge in [0.25, 0.3) is 0 Å². The quantitative estimate of drug-likeness (QED) is 0.625. The van der Waals surface area contributed by atoms with Crippen LogP contribution in [0.4, 0.5) is 0 Å². The minimum absolute atomic E-state index is 1.05. The highest BCUT2D eigenvalue weighted by Gasteiger charge is 1.97. The van der Waals surface area contributed by atoms with Crippen LogP contribution in [0.25, 0.3) is 6.08 Å². The minimum Gasteiger partial charge on any atom is -0.249 e. The summed E-state index contributed by atoms with van der Waals surface area (Å²) in [6, 6.07) is 2.09. The van der Waals surface area contributed by atoms with E-state index in [0.717, 1.165) is 10.6 Å². The first-order valence-electron chi connectivity index (χ1n) is 3.41. The molecule has 1 rings (SSSR count). The van der Waals surface area contributed by atoms with Gasteiger partial charge in [-0.2, -0.15) is 0 Å². The standard InChI is InChI=1S/C9H11NS/c1-4-8-5-7(2)6-10-9(8)11-3/h4-6H,1H2,2-3H3. The number of thioether (sulfide) groups is 1. The van der Waals surface area contributed by atoms with Gasteiger partial charge in [-0.25, -0.2) is 4.98 Å². The lowest BCUT2D eigenvalue weighted by molar-refractivity contribution is 1.10. The highest BCUT2D eigenvalue weighted by atomic mass is 32.2. The normalized spacial score (nSPS) is 9.64. The number of aromatic nitrogens is 1. The third kappa shape index (κ3) is 1.84. The van der Waals surface area contributed by atoms with Crippen molar-refractivity contribution in [3.8, 4) is 0 Å². The molecule has 0 atom stereocenters. The van der Waals surface area contributed by atoms with Crippen LogP contribution in [0.2, 0.25) is 0 Å². The van der Waals surface area contributed by atoms with E-state index in [1.54, 1.807) is 11.8 Å². The van der Waals surface area contributed by atoms with Gasteiger partial charge in [0.2, 0.25) is 0 Å². The molecule has 1 nitrogen and oxygen atoms in total. The van der Waals surface area contributed by atoms with Crippen molar-refractivity contribution in [3.05, 3.63) is 30.0 Å². The van der Waals surface area contributed by atoms with Gasteiger partial charge in [0.1, 0.15) is 5.03 Å². The zero-order valence-electron chi connectivity index (χ0n) is 6.79. The summed E-state index contributed by atoms with van der Waals surface area (Å²) in [6.45, 7) is 5.76. The molecule has 1 heterocycles. The first-order valence-corrected chi connectivity index (χ1v) is 4.63. The predicted octanol–water partition coefficient (Wildman–Crippen LogP) is 2.75. The van der Waals surface area contributed by atoms with Crippen LogP contribution in [0.3, 0.4) is 0 Å². The largest absolute Gasteiger partial charge is 0.249 e. The second-order valence-corrected chi connectivity index (χ2v) is 3.11. The van der Waals surface area contributed by atoms with Gasteiger partial charge in [-0.05, 0) is 24.8 Å². The molecule has 0 aliphatic rings. The maximum atomic E-state index is 4.26. The fourth-order valence-corrected chi connectivity index (χ4v) is 1.43. The molecule has 0 aliphatic carbocycles. The van der Waals surface area contributed by atoms with Gasteiger partial charge in [0, 0.05) is 11.8 Å². The van der Waals surface area contributed by atoms with E-state index in [4.69, 9.17) is 0 Å². The highest BCUT2D eigenvalue weighted by molar-refractivity contribution is 7.98. The Bertz CT molecular complexity index is 268. The first-order chi connectivity index (χ1) is 5.27. The van der Waals surface area contributed by atoms with Gasteiger partial charge >= 0.3 is 0 Å². The van der Waals surface area contributed by atoms with Crippen LogP contribution in [-0.2, 0) is 0 Å². The van der Waals surface area contributed by atoms with Crippen LogP contribution in [0.5, 0.6) is 0 Å². The highest BCUT2D eigenvalue weighted by Crippen LogP contribution is 2.18. The molecule has 58 valence electrons. The molecular weight excluding hydrogens is 154 g/mol. The molecule has 1 aromatic heterocycles. The monoisotopic (exact) mass is 165 g/mol. The van der Waals surface area contributed by atoms with Crippen molar-refractivity contribution in [1.82, 2.24) is 4.98 Å². The molecule has 0 spiro atoms. The van der Waals surface area contributed by atoms with Gasteiger partial charge in [0.15, 0.2) is 0 Å². The fourth-order valence-electron chi connectivity index (χ4n) is 0.896. The Kier molecular flexibility index (Phi) is 2.71. The Morgan fingerprint density at radius 2 is 2.36 bits per heavy atom. The summed E-state index contributed by atoms with van der Waals surface area (Å²) in [7, 11) is 0. The van der Waals surface area contributed by atoms with Crippen LogP contribution >= 0.6 is 11.8 Å².